The predicted octanol–water partition coefficient (Wildman–Crippen LogP) is 14.5. The first kappa shape index (κ1) is 37.8. The fraction of sp³-hybridized carbons (Fsp3) is 0.0164. The van der Waals surface area contributed by atoms with Gasteiger partial charge in [0, 0.05) is 50.6 Å². The Morgan fingerprint density at radius 3 is 1.64 bits per heavy atom. The third-order valence-electron chi connectivity index (χ3n) is 14.0. The van der Waals surface area contributed by atoms with E-state index in [2.05, 4.69) is 119 Å². The SMILES string of the molecule is c1ccc(-c2nc(-c3cc(-c4ccccn4)nc(-c4ccccn4)c3)nc(-c3ccc4c(c3)oc3ccc5c(c34)C3(c4ccccc4-c4ccccc43)c3cc4oc6ccccc6c4cc3-5)n2)cc1. The van der Waals surface area contributed by atoms with Crippen LogP contribution in [-0.4, -0.2) is 29.9 Å². The smallest absolute Gasteiger partial charge is 0.164 e. The maximum absolute atomic E-state index is 6.98. The molecule has 0 saturated heterocycles. The molecule has 7 aromatic carbocycles. The summed E-state index contributed by atoms with van der Waals surface area (Å²) in [6.45, 7) is 0. The van der Waals surface area contributed by atoms with E-state index in [0.717, 1.165) is 72.0 Å². The fourth-order valence-corrected chi connectivity index (χ4v) is 11.2. The molecule has 15 rings (SSSR count). The number of benzene rings is 7. The third-order valence-corrected chi connectivity index (χ3v) is 14.0. The molecule has 8 nitrogen and oxygen atoms in total. The molecule has 0 radical (unpaired) electrons. The van der Waals surface area contributed by atoms with Gasteiger partial charge < -0.3 is 8.83 Å². The highest BCUT2D eigenvalue weighted by molar-refractivity contribution is 6.16. The van der Waals surface area contributed by atoms with Crippen LogP contribution in [-0.2, 0) is 5.41 Å². The molecular formula is C61H34N6O2. The van der Waals surface area contributed by atoms with Gasteiger partial charge in [0.15, 0.2) is 17.5 Å². The second-order valence-electron chi connectivity index (χ2n) is 17.7. The standard InChI is InChI=1S/C61H34N6O2/c1-2-14-35(15-3-1)58-65-59(67-60(66-58)37-30-50(48-21-10-12-28-62-48)64-51(31-37)49-22-11-13-29-63-49)36-24-25-42-54(32-36)69-53-27-26-41-43-33-44-40-18-6-9-23-52(40)68-55(44)34-47(43)61(57(41)56(42)53)45-19-7-4-16-38(45)39-17-5-8-20-46(39)61/h1-34H. The summed E-state index contributed by atoms with van der Waals surface area (Å²) in [6, 6.07) is 67.1. The van der Waals surface area contributed by atoms with E-state index in [0.29, 0.717) is 28.9 Å². The number of hydrogen-bond acceptors (Lipinski definition) is 8. The van der Waals surface area contributed by atoms with Crippen LogP contribution in [0, 0.1) is 0 Å². The van der Waals surface area contributed by atoms with Crippen LogP contribution in [0.3, 0.4) is 0 Å². The van der Waals surface area contributed by atoms with Gasteiger partial charge in [0.2, 0.25) is 0 Å². The summed E-state index contributed by atoms with van der Waals surface area (Å²) in [7, 11) is 0. The van der Waals surface area contributed by atoms with E-state index in [-0.39, 0.29) is 0 Å². The van der Waals surface area contributed by atoms with Gasteiger partial charge in [-0.25, -0.2) is 19.9 Å². The number of aromatic nitrogens is 6. The highest BCUT2D eigenvalue weighted by Gasteiger charge is 2.53. The monoisotopic (exact) mass is 882 g/mol. The first-order valence-corrected chi connectivity index (χ1v) is 23.0. The van der Waals surface area contributed by atoms with E-state index >= 15 is 0 Å². The molecule has 0 aliphatic heterocycles. The highest BCUT2D eigenvalue weighted by atomic mass is 16.3. The first-order valence-electron chi connectivity index (χ1n) is 23.0. The Morgan fingerprint density at radius 2 is 0.928 bits per heavy atom. The van der Waals surface area contributed by atoms with Crippen molar-refractivity contribution in [3.63, 3.8) is 0 Å². The fourth-order valence-electron chi connectivity index (χ4n) is 11.2. The van der Waals surface area contributed by atoms with Gasteiger partial charge in [0.25, 0.3) is 0 Å². The molecule has 6 aromatic heterocycles. The zero-order valence-corrected chi connectivity index (χ0v) is 36.6. The van der Waals surface area contributed by atoms with Crippen LogP contribution in [0.4, 0.5) is 0 Å². The molecule has 6 heterocycles. The largest absolute Gasteiger partial charge is 0.456 e. The summed E-state index contributed by atoms with van der Waals surface area (Å²) in [5.74, 6) is 1.56. The molecule has 2 aliphatic carbocycles. The lowest BCUT2D eigenvalue weighted by Gasteiger charge is -2.31. The van der Waals surface area contributed by atoms with Crippen molar-refractivity contribution in [3.8, 4) is 79.2 Å². The molecule has 0 amide bonds. The molecular weight excluding hydrogens is 849 g/mol. The van der Waals surface area contributed by atoms with Crippen LogP contribution in [0.25, 0.3) is 123 Å². The Labute approximate surface area is 394 Å². The number of fused-ring (bicyclic) bond motifs is 17. The van der Waals surface area contributed by atoms with E-state index in [9.17, 15) is 0 Å². The van der Waals surface area contributed by atoms with Gasteiger partial charge in [0.1, 0.15) is 22.3 Å². The molecule has 320 valence electrons. The van der Waals surface area contributed by atoms with Gasteiger partial charge >= 0.3 is 0 Å². The Morgan fingerprint density at radius 1 is 0.319 bits per heavy atom. The number of rotatable bonds is 5. The van der Waals surface area contributed by atoms with Crippen molar-refractivity contribution < 1.29 is 8.83 Å². The Kier molecular flexibility index (Phi) is 7.83. The van der Waals surface area contributed by atoms with Crippen LogP contribution in [0.5, 0.6) is 0 Å². The second-order valence-corrected chi connectivity index (χ2v) is 17.7. The summed E-state index contributed by atoms with van der Waals surface area (Å²) >= 11 is 0. The second kappa shape index (κ2) is 14.3. The molecule has 0 N–H and O–H groups in total. The molecule has 0 unspecified atom stereocenters. The lowest BCUT2D eigenvalue weighted by Crippen LogP contribution is -2.26. The number of nitrogens with zero attached hydrogens (tertiary/aromatic N) is 6. The summed E-state index contributed by atoms with van der Waals surface area (Å²) in [5, 5.41) is 4.31. The van der Waals surface area contributed by atoms with Crippen LogP contribution >= 0.6 is 0 Å². The molecule has 13 aromatic rings. The average molecular weight is 883 g/mol. The van der Waals surface area contributed by atoms with Gasteiger partial charge in [-0.1, -0.05) is 121 Å². The predicted molar refractivity (Wildman–Crippen MR) is 271 cm³/mol. The molecule has 0 bridgehead atoms. The van der Waals surface area contributed by atoms with Crippen LogP contribution in [0.15, 0.2) is 215 Å². The van der Waals surface area contributed by atoms with Crippen molar-refractivity contribution >= 4 is 43.9 Å². The van der Waals surface area contributed by atoms with Gasteiger partial charge in [-0.3, -0.25) is 9.97 Å². The van der Waals surface area contributed by atoms with Crippen molar-refractivity contribution in [2.75, 3.05) is 0 Å². The van der Waals surface area contributed by atoms with Crippen LogP contribution in [0.2, 0.25) is 0 Å². The number of furan rings is 2. The zero-order valence-electron chi connectivity index (χ0n) is 36.6. The Hall–Kier alpha value is -9.40. The van der Waals surface area contributed by atoms with Gasteiger partial charge in [-0.2, -0.15) is 0 Å². The van der Waals surface area contributed by atoms with Crippen molar-refractivity contribution in [1.29, 1.82) is 0 Å². The molecule has 2 aliphatic rings. The summed E-state index contributed by atoms with van der Waals surface area (Å²) in [6.07, 6.45) is 3.54. The van der Waals surface area contributed by atoms with E-state index in [1.807, 2.05) is 84.9 Å². The Balaban J connectivity index is 0.960. The normalized spacial score (nSPS) is 13.0. The molecule has 0 fully saturated rings. The molecule has 1 spiro atoms. The van der Waals surface area contributed by atoms with Crippen LogP contribution in [0.1, 0.15) is 22.3 Å². The number of hydrogen-bond donors (Lipinski definition) is 0. The average Bonchev–Trinajstić information content (AvgIpc) is 4.15. The van der Waals surface area contributed by atoms with E-state index in [4.69, 9.17) is 28.8 Å². The maximum atomic E-state index is 6.98. The van der Waals surface area contributed by atoms with E-state index < -0.39 is 5.41 Å². The topological polar surface area (TPSA) is 104 Å². The van der Waals surface area contributed by atoms with Gasteiger partial charge in [-0.15, -0.1) is 0 Å². The van der Waals surface area contributed by atoms with Crippen molar-refractivity contribution in [1.82, 2.24) is 29.9 Å². The minimum Gasteiger partial charge on any atom is -0.456 e. The van der Waals surface area contributed by atoms with Crippen molar-refractivity contribution in [2.24, 2.45) is 0 Å². The van der Waals surface area contributed by atoms with Crippen molar-refractivity contribution in [2.45, 2.75) is 5.41 Å². The summed E-state index contributed by atoms with van der Waals surface area (Å²) < 4.78 is 13.6. The van der Waals surface area contributed by atoms with Gasteiger partial charge in [0.05, 0.1) is 28.2 Å². The quantitative estimate of drug-likeness (QED) is 0.168. The zero-order chi connectivity index (χ0) is 45.2. The van der Waals surface area contributed by atoms with E-state index in [1.165, 1.54) is 44.5 Å². The number of para-hydroxylation sites is 1. The van der Waals surface area contributed by atoms with Crippen molar-refractivity contribution in [3.05, 3.63) is 229 Å². The lowest BCUT2D eigenvalue weighted by atomic mass is 9.69. The first-order chi connectivity index (χ1) is 34.2. The number of pyridine rings is 3. The highest BCUT2D eigenvalue weighted by Crippen LogP contribution is 2.65. The molecule has 69 heavy (non-hydrogen) atoms. The third kappa shape index (κ3) is 5.45. The summed E-state index contributed by atoms with van der Waals surface area (Å²) in [4.78, 5) is 29.8. The molecule has 0 saturated carbocycles. The van der Waals surface area contributed by atoms with Gasteiger partial charge in [-0.05, 0) is 117 Å². The maximum Gasteiger partial charge on any atom is 0.164 e. The van der Waals surface area contributed by atoms with Crippen LogP contribution < -0.4 is 0 Å². The summed E-state index contributed by atoms with van der Waals surface area (Å²) in [5.41, 5.74) is 17.7. The Bertz CT molecular complexity index is 4160. The minimum atomic E-state index is -0.638. The lowest BCUT2D eigenvalue weighted by molar-refractivity contribution is 0.666. The molecule has 0 atom stereocenters. The van der Waals surface area contributed by atoms with E-state index in [1.54, 1.807) is 12.4 Å². The minimum absolute atomic E-state index is 0.495. The molecule has 8 heteroatoms.